The van der Waals surface area contributed by atoms with Crippen molar-refractivity contribution in [1.29, 1.82) is 0 Å². The molecule has 7 nitrogen and oxygen atoms in total. The van der Waals surface area contributed by atoms with E-state index in [2.05, 4.69) is 0 Å². The first-order valence-corrected chi connectivity index (χ1v) is 12.8. The van der Waals surface area contributed by atoms with Crippen molar-refractivity contribution in [3.8, 4) is 11.5 Å². The number of ether oxygens (including phenoxy) is 2. The zero-order chi connectivity index (χ0) is 26.0. The van der Waals surface area contributed by atoms with E-state index in [4.69, 9.17) is 26.1 Å². The van der Waals surface area contributed by atoms with Gasteiger partial charge in [0, 0.05) is 23.7 Å². The number of rotatable bonds is 7. The fraction of sp³-hybridized carbons (Fsp3) is 0.296. The monoisotopic (exact) mass is 525 g/mol. The predicted octanol–water partition coefficient (Wildman–Crippen LogP) is 3.77. The molecule has 0 unspecified atom stereocenters. The van der Waals surface area contributed by atoms with Crippen LogP contribution in [-0.2, 0) is 4.79 Å². The zero-order valence-corrected chi connectivity index (χ0v) is 22.4. The number of fused-ring (bicyclic) bond motifs is 1. The summed E-state index contributed by atoms with van der Waals surface area (Å²) in [6.45, 7) is 6.80. The van der Waals surface area contributed by atoms with Gasteiger partial charge in [-0.25, -0.2) is 4.99 Å². The van der Waals surface area contributed by atoms with Crippen LogP contribution in [0.2, 0.25) is 5.02 Å². The van der Waals surface area contributed by atoms with Gasteiger partial charge in [-0.15, -0.1) is 0 Å². The van der Waals surface area contributed by atoms with E-state index in [9.17, 15) is 9.59 Å². The van der Waals surface area contributed by atoms with Crippen LogP contribution in [-0.4, -0.2) is 42.7 Å². The molecule has 0 spiro atoms. The number of carbonyl (C=O) groups is 1. The lowest BCUT2D eigenvalue weighted by molar-refractivity contribution is -0.127. The van der Waals surface area contributed by atoms with Crippen LogP contribution in [0.5, 0.6) is 11.5 Å². The minimum Gasteiger partial charge on any atom is -0.497 e. The number of allylic oxidation sites excluding steroid dienone is 1. The van der Waals surface area contributed by atoms with E-state index in [1.54, 1.807) is 54.0 Å². The van der Waals surface area contributed by atoms with Crippen LogP contribution in [0.25, 0.3) is 6.08 Å². The Morgan fingerprint density at radius 2 is 1.83 bits per heavy atom. The number of carbonyl (C=O) groups excluding carboxylic acids is 1. The molecule has 1 amide bonds. The summed E-state index contributed by atoms with van der Waals surface area (Å²) in [7, 11) is 3.17. The van der Waals surface area contributed by atoms with Crippen LogP contribution in [0.15, 0.2) is 63.5 Å². The van der Waals surface area contributed by atoms with E-state index in [0.717, 1.165) is 5.56 Å². The second-order valence-electron chi connectivity index (χ2n) is 8.22. The van der Waals surface area contributed by atoms with Gasteiger partial charge in [0.05, 0.1) is 36.1 Å². The van der Waals surface area contributed by atoms with Crippen molar-refractivity contribution in [3.05, 3.63) is 89.6 Å². The van der Waals surface area contributed by atoms with Gasteiger partial charge >= 0.3 is 0 Å². The number of nitrogens with zero attached hydrogens (tertiary/aromatic N) is 3. The molecule has 4 rings (SSSR count). The SMILES string of the molecule is CCN(CC)C(=O)C1=C(C)N=c2s/c(=C/c3cc(OC)ccc3OC)c(=O)n2[C@@H]1c1ccc(Cl)cc1. The van der Waals surface area contributed by atoms with Gasteiger partial charge in [-0.1, -0.05) is 35.1 Å². The van der Waals surface area contributed by atoms with Crippen LogP contribution in [0.3, 0.4) is 0 Å². The molecule has 0 radical (unpaired) electrons. The number of benzene rings is 2. The first kappa shape index (κ1) is 25.7. The molecular weight excluding hydrogens is 498 g/mol. The molecule has 188 valence electrons. The van der Waals surface area contributed by atoms with Crippen molar-refractivity contribution in [1.82, 2.24) is 9.47 Å². The third kappa shape index (κ3) is 4.70. The average molecular weight is 526 g/mol. The molecule has 3 aromatic rings. The standard InChI is InChI=1S/C27H28ClN3O4S/c1-6-30(7-2)26(33)23-16(3)29-27-31(24(23)17-8-10-19(28)11-9-17)25(32)22(36-27)15-18-14-20(34-4)12-13-21(18)35-5/h8-15,24H,6-7H2,1-5H3/b22-15+/t24-/m1/s1. The lowest BCUT2D eigenvalue weighted by Crippen LogP contribution is -2.43. The number of hydrogen-bond acceptors (Lipinski definition) is 6. The highest BCUT2D eigenvalue weighted by atomic mass is 35.5. The van der Waals surface area contributed by atoms with E-state index >= 15 is 0 Å². The molecule has 2 aromatic carbocycles. The molecule has 1 aliphatic heterocycles. The normalized spacial score (nSPS) is 15.4. The summed E-state index contributed by atoms with van der Waals surface area (Å²) in [4.78, 5) is 34.4. The first-order chi connectivity index (χ1) is 17.3. The maximum absolute atomic E-state index is 13.8. The lowest BCUT2D eigenvalue weighted by atomic mass is 9.94. The van der Waals surface area contributed by atoms with Crippen LogP contribution >= 0.6 is 22.9 Å². The van der Waals surface area contributed by atoms with Crippen LogP contribution < -0.4 is 24.4 Å². The molecule has 1 aromatic heterocycles. The Bertz CT molecular complexity index is 1500. The van der Waals surface area contributed by atoms with Crippen molar-refractivity contribution < 1.29 is 14.3 Å². The van der Waals surface area contributed by atoms with Gasteiger partial charge in [0.1, 0.15) is 11.5 Å². The second-order valence-corrected chi connectivity index (χ2v) is 9.66. The average Bonchev–Trinajstić information content (AvgIpc) is 3.18. The molecule has 0 fully saturated rings. The Labute approximate surface area is 218 Å². The number of hydrogen-bond donors (Lipinski definition) is 0. The highest BCUT2D eigenvalue weighted by molar-refractivity contribution is 7.07. The Hall–Kier alpha value is -3.36. The smallest absolute Gasteiger partial charge is 0.271 e. The van der Waals surface area contributed by atoms with Gasteiger partial charge in [0.2, 0.25) is 0 Å². The minimum atomic E-state index is -0.624. The summed E-state index contributed by atoms with van der Waals surface area (Å²) < 4.78 is 12.9. The van der Waals surface area contributed by atoms with Gasteiger partial charge in [-0.3, -0.25) is 14.2 Å². The summed E-state index contributed by atoms with van der Waals surface area (Å²) in [5.74, 6) is 1.13. The second kappa shape index (κ2) is 10.7. The minimum absolute atomic E-state index is 0.134. The largest absolute Gasteiger partial charge is 0.497 e. The fourth-order valence-corrected chi connectivity index (χ4v) is 5.49. The molecule has 0 bridgehead atoms. The molecule has 2 heterocycles. The number of aromatic nitrogens is 1. The Morgan fingerprint density at radius 3 is 2.44 bits per heavy atom. The van der Waals surface area contributed by atoms with Gasteiger partial charge < -0.3 is 14.4 Å². The maximum atomic E-state index is 13.8. The summed E-state index contributed by atoms with van der Waals surface area (Å²) in [5.41, 5.74) is 2.34. The number of likely N-dealkylation sites (N-methyl/N-ethyl adjacent to an activating group) is 1. The number of amides is 1. The van der Waals surface area contributed by atoms with Crippen molar-refractivity contribution >= 4 is 34.9 Å². The van der Waals surface area contributed by atoms with Crippen LogP contribution in [0.4, 0.5) is 0 Å². The van der Waals surface area contributed by atoms with Crippen molar-refractivity contribution in [2.75, 3.05) is 27.3 Å². The lowest BCUT2D eigenvalue weighted by Gasteiger charge is -2.29. The molecular formula is C27H28ClN3O4S. The van der Waals surface area contributed by atoms with E-state index < -0.39 is 6.04 Å². The summed E-state index contributed by atoms with van der Waals surface area (Å²) in [6.07, 6.45) is 1.77. The first-order valence-electron chi connectivity index (χ1n) is 11.6. The topological polar surface area (TPSA) is 73.1 Å². The Morgan fingerprint density at radius 1 is 1.14 bits per heavy atom. The third-order valence-electron chi connectivity index (χ3n) is 6.21. The number of thiazole rings is 1. The molecule has 0 N–H and O–H groups in total. The van der Waals surface area contributed by atoms with Gasteiger partial charge in [0.25, 0.3) is 11.5 Å². The quantitative estimate of drug-likeness (QED) is 0.470. The van der Waals surface area contributed by atoms with Gasteiger partial charge in [0.15, 0.2) is 4.80 Å². The molecule has 0 saturated carbocycles. The van der Waals surface area contributed by atoms with Gasteiger partial charge in [-0.2, -0.15) is 0 Å². The summed E-state index contributed by atoms with van der Waals surface area (Å²) in [6, 6.07) is 12.0. The Kier molecular flexibility index (Phi) is 7.66. The third-order valence-corrected chi connectivity index (χ3v) is 7.45. The zero-order valence-electron chi connectivity index (χ0n) is 20.9. The van der Waals surface area contributed by atoms with Crippen molar-refractivity contribution in [3.63, 3.8) is 0 Å². The van der Waals surface area contributed by atoms with E-state index in [-0.39, 0.29) is 11.5 Å². The van der Waals surface area contributed by atoms with E-state index in [0.29, 0.717) is 55.8 Å². The van der Waals surface area contributed by atoms with E-state index in [1.165, 1.54) is 11.3 Å². The van der Waals surface area contributed by atoms with Crippen molar-refractivity contribution in [2.45, 2.75) is 26.8 Å². The number of halogens is 1. The molecule has 0 aliphatic carbocycles. The predicted molar refractivity (Wildman–Crippen MR) is 143 cm³/mol. The van der Waals surface area contributed by atoms with Gasteiger partial charge in [-0.05, 0) is 62.7 Å². The molecule has 9 heteroatoms. The maximum Gasteiger partial charge on any atom is 0.271 e. The van der Waals surface area contributed by atoms with Crippen LogP contribution in [0, 0.1) is 0 Å². The molecule has 36 heavy (non-hydrogen) atoms. The highest BCUT2D eigenvalue weighted by Gasteiger charge is 2.34. The summed E-state index contributed by atoms with van der Waals surface area (Å²) >= 11 is 7.43. The Balaban J connectivity index is 1.97. The molecule has 1 aliphatic rings. The molecule has 1 atom stereocenters. The van der Waals surface area contributed by atoms with Crippen molar-refractivity contribution in [2.24, 2.45) is 4.99 Å². The van der Waals surface area contributed by atoms with Crippen LogP contribution in [0.1, 0.15) is 37.9 Å². The highest BCUT2D eigenvalue weighted by Crippen LogP contribution is 2.32. The molecule has 0 saturated heterocycles. The fourth-order valence-electron chi connectivity index (χ4n) is 4.33. The summed E-state index contributed by atoms with van der Waals surface area (Å²) in [5, 5.41) is 0.577. The number of methoxy groups -OCH3 is 2. The van der Waals surface area contributed by atoms with E-state index in [1.807, 2.05) is 39.0 Å².